The highest BCUT2D eigenvalue weighted by atomic mass is 19.2. The SMILES string of the molecule is C[C@H](NC(=O)c1cccc([N+](=O)[O-])c1)C(=O)OCC(=O)NCC(=O)Nc1ccc(F)c(F)c1. The first-order valence-corrected chi connectivity index (χ1v) is 9.30. The van der Waals surface area contributed by atoms with E-state index in [0.29, 0.717) is 0 Å². The molecule has 174 valence electrons. The molecule has 0 bridgehead atoms. The normalized spacial score (nSPS) is 11.1. The van der Waals surface area contributed by atoms with Gasteiger partial charge in [0.15, 0.2) is 18.2 Å². The van der Waals surface area contributed by atoms with Crippen molar-refractivity contribution >= 4 is 35.1 Å². The summed E-state index contributed by atoms with van der Waals surface area (Å²) in [5.41, 5.74) is -0.371. The maximum atomic E-state index is 13.1. The average Bonchev–Trinajstić information content (AvgIpc) is 2.78. The zero-order chi connectivity index (χ0) is 24.5. The Balaban J connectivity index is 1.75. The van der Waals surface area contributed by atoms with Crippen LogP contribution in [0.3, 0.4) is 0 Å². The summed E-state index contributed by atoms with van der Waals surface area (Å²) in [5, 5.41) is 17.5. The van der Waals surface area contributed by atoms with E-state index in [1.807, 2.05) is 0 Å². The number of nitrogens with zero attached hydrogens (tertiary/aromatic N) is 1. The molecule has 3 amide bonds. The number of non-ortho nitro benzene ring substituents is 1. The molecule has 0 saturated heterocycles. The number of rotatable bonds is 9. The van der Waals surface area contributed by atoms with Crippen molar-refractivity contribution in [1.29, 1.82) is 0 Å². The molecular weight excluding hydrogens is 446 g/mol. The van der Waals surface area contributed by atoms with Crippen LogP contribution in [0.25, 0.3) is 0 Å². The van der Waals surface area contributed by atoms with Crippen molar-refractivity contribution in [3.63, 3.8) is 0 Å². The Morgan fingerprint density at radius 1 is 1.06 bits per heavy atom. The first-order chi connectivity index (χ1) is 15.6. The Morgan fingerprint density at radius 3 is 2.45 bits per heavy atom. The number of carbonyl (C=O) groups is 4. The van der Waals surface area contributed by atoms with Crippen LogP contribution in [0.1, 0.15) is 17.3 Å². The molecule has 2 aromatic rings. The summed E-state index contributed by atoms with van der Waals surface area (Å²) in [5.74, 6) is -5.54. The van der Waals surface area contributed by atoms with Crippen LogP contribution in [0.2, 0.25) is 0 Å². The Kier molecular flexibility index (Phi) is 8.49. The highest BCUT2D eigenvalue weighted by molar-refractivity contribution is 5.97. The Hall–Kier alpha value is -4.42. The largest absolute Gasteiger partial charge is 0.454 e. The van der Waals surface area contributed by atoms with Crippen LogP contribution < -0.4 is 16.0 Å². The molecular formula is C20H18F2N4O7. The van der Waals surface area contributed by atoms with Gasteiger partial charge in [-0.3, -0.25) is 24.5 Å². The Labute approximate surface area is 185 Å². The highest BCUT2D eigenvalue weighted by Crippen LogP contribution is 2.14. The summed E-state index contributed by atoms with van der Waals surface area (Å²) >= 11 is 0. The fraction of sp³-hybridized carbons (Fsp3) is 0.200. The lowest BCUT2D eigenvalue weighted by atomic mass is 10.2. The number of hydrogen-bond acceptors (Lipinski definition) is 7. The zero-order valence-corrected chi connectivity index (χ0v) is 17.1. The molecule has 1 atom stereocenters. The molecule has 11 nitrogen and oxygen atoms in total. The number of hydrogen-bond donors (Lipinski definition) is 3. The third-order valence-corrected chi connectivity index (χ3v) is 4.02. The van der Waals surface area contributed by atoms with Crippen molar-refractivity contribution in [2.24, 2.45) is 0 Å². The molecule has 2 aromatic carbocycles. The van der Waals surface area contributed by atoms with Gasteiger partial charge >= 0.3 is 5.97 Å². The minimum Gasteiger partial charge on any atom is -0.454 e. The van der Waals surface area contributed by atoms with E-state index in [4.69, 9.17) is 4.74 Å². The third-order valence-electron chi connectivity index (χ3n) is 4.02. The number of nitro benzene ring substituents is 1. The van der Waals surface area contributed by atoms with Gasteiger partial charge in [-0.25, -0.2) is 13.6 Å². The summed E-state index contributed by atoms with van der Waals surface area (Å²) in [6.45, 7) is -0.00642. The van der Waals surface area contributed by atoms with Gasteiger partial charge in [0, 0.05) is 29.4 Å². The molecule has 13 heteroatoms. The van der Waals surface area contributed by atoms with Gasteiger partial charge in [-0.1, -0.05) is 6.07 Å². The fourth-order valence-corrected chi connectivity index (χ4v) is 2.37. The predicted octanol–water partition coefficient (Wildman–Crippen LogP) is 1.29. The van der Waals surface area contributed by atoms with Crippen molar-refractivity contribution in [2.75, 3.05) is 18.5 Å². The summed E-state index contributed by atoms with van der Waals surface area (Å²) in [7, 11) is 0. The second-order valence-electron chi connectivity index (χ2n) is 6.56. The quantitative estimate of drug-likeness (QED) is 0.287. The number of carbonyl (C=O) groups excluding carboxylic acids is 4. The first kappa shape index (κ1) is 24.8. The number of esters is 1. The van der Waals surface area contributed by atoms with E-state index < -0.39 is 59.4 Å². The topological polar surface area (TPSA) is 157 Å². The maximum absolute atomic E-state index is 13.1. The van der Waals surface area contributed by atoms with Gasteiger partial charge in [-0.15, -0.1) is 0 Å². The van der Waals surface area contributed by atoms with Gasteiger partial charge in [-0.05, 0) is 25.1 Å². The number of anilines is 1. The van der Waals surface area contributed by atoms with E-state index in [1.165, 1.54) is 25.1 Å². The molecule has 0 saturated carbocycles. The molecule has 0 aliphatic heterocycles. The van der Waals surface area contributed by atoms with Crippen LogP contribution in [0, 0.1) is 21.7 Å². The first-order valence-electron chi connectivity index (χ1n) is 9.30. The molecule has 3 N–H and O–H groups in total. The molecule has 0 aliphatic carbocycles. The van der Waals surface area contributed by atoms with E-state index in [-0.39, 0.29) is 16.9 Å². The molecule has 0 heterocycles. The number of nitro groups is 1. The molecule has 0 unspecified atom stereocenters. The molecule has 0 aliphatic rings. The summed E-state index contributed by atoms with van der Waals surface area (Å²) < 4.78 is 30.7. The van der Waals surface area contributed by atoms with E-state index in [0.717, 1.165) is 24.3 Å². The fourth-order valence-electron chi connectivity index (χ4n) is 2.37. The van der Waals surface area contributed by atoms with Crippen LogP contribution in [0.5, 0.6) is 0 Å². The van der Waals surface area contributed by atoms with E-state index in [2.05, 4.69) is 16.0 Å². The van der Waals surface area contributed by atoms with Crippen molar-refractivity contribution < 1.29 is 37.6 Å². The Morgan fingerprint density at radius 2 is 1.79 bits per heavy atom. The van der Waals surface area contributed by atoms with Crippen LogP contribution in [-0.2, 0) is 19.1 Å². The van der Waals surface area contributed by atoms with Crippen molar-refractivity contribution in [2.45, 2.75) is 13.0 Å². The van der Waals surface area contributed by atoms with Crippen LogP contribution in [0.4, 0.5) is 20.2 Å². The molecule has 0 radical (unpaired) electrons. The number of ether oxygens (including phenoxy) is 1. The van der Waals surface area contributed by atoms with Crippen LogP contribution in [0.15, 0.2) is 42.5 Å². The van der Waals surface area contributed by atoms with E-state index >= 15 is 0 Å². The molecule has 0 aromatic heterocycles. The van der Waals surface area contributed by atoms with E-state index in [9.17, 15) is 38.1 Å². The van der Waals surface area contributed by atoms with Gasteiger partial charge in [-0.2, -0.15) is 0 Å². The number of halogens is 2. The molecule has 33 heavy (non-hydrogen) atoms. The predicted molar refractivity (Wildman–Crippen MR) is 109 cm³/mol. The summed E-state index contributed by atoms with van der Waals surface area (Å²) in [4.78, 5) is 57.7. The van der Waals surface area contributed by atoms with Gasteiger partial charge in [0.05, 0.1) is 11.5 Å². The maximum Gasteiger partial charge on any atom is 0.328 e. The number of nitrogens with one attached hydrogen (secondary N) is 3. The average molecular weight is 464 g/mol. The van der Waals surface area contributed by atoms with Crippen molar-refractivity contribution in [1.82, 2.24) is 10.6 Å². The Bertz CT molecular complexity index is 1090. The lowest BCUT2D eigenvalue weighted by Gasteiger charge is -2.13. The van der Waals surface area contributed by atoms with Gasteiger partial charge in [0.25, 0.3) is 17.5 Å². The smallest absolute Gasteiger partial charge is 0.328 e. The minimum atomic E-state index is -1.18. The summed E-state index contributed by atoms with van der Waals surface area (Å²) in [6, 6.07) is 6.40. The number of benzene rings is 2. The monoisotopic (exact) mass is 464 g/mol. The van der Waals surface area contributed by atoms with Crippen LogP contribution >= 0.6 is 0 Å². The van der Waals surface area contributed by atoms with Gasteiger partial charge in [0.1, 0.15) is 6.04 Å². The third kappa shape index (κ3) is 7.65. The molecule has 2 rings (SSSR count). The lowest BCUT2D eigenvalue weighted by molar-refractivity contribution is -0.384. The van der Waals surface area contributed by atoms with Gasteiger partial charge < -0.3 is 20.7 Å². The lowest BCUT2D eigenvalue weighted by Crippen LogP contribution is -2.41. The minimum absolute atomic E-state index is 0.0205. The molecule has 0 fully saturated rings. The number of amides is 3. The van der Waals surface area contributed by atoms with E-state index in [1.54, 1.807) is 0 Å². The van der Waals surface area contributed by atoms with Crippen molar-refractivity contribution in [3.8, 4) is 0 Å². The van der Waals surface area contributed by atoms with Crippen LogP contribution in [-0.4, -0.2) is 47.8 Å². The zero-order valence-electron chi connectivity index (χ0n) is 17.1. The van der Waals surface area contributed by atoms with Crippen molar-refractivity contribution in [3.05, 3.63) is 69.8 Å². The summed E-state index contributed by atoms with van der Waals surface area (Å²) in [6.07, 6.45) is 0. The second-order valence-corrected chi connectivity index (χ2v) is 6.56. The van der Waals surface area contributed by atoms with Gasteiger partial charge in [0.2, 0.25) is 5.91 Å². The molecule has 0 spiro atoms. The standard InChI is InChI=1S/C20H18F2N4O7/c1-11(24-19(29)12-3-2-4-14(7-12)26(31)32)20(30)33-10-18(28)23-9-17(27)25-13-5-6-15(21)16(22)8-13/h2-8,11H,9-10H2,1H3,(H,23,28)(H,24,29)(H,25,27)/t11-/m0/s1. The second kappa shape index (κ2) is 11.3. The highest BCUT2D eigenvalue weighted by Gasteiger charge is 2.20.